The second-order valence-corrected chi connectivity index (χ2v) is 15.7. The van der Waals surface area contributed by atoms with Crippen molar-refractivity contribution in [2.45, 2.75) is 5.85 Å². The van der Waals surface area contributed by atoms with E-state index in [-0.39, 0.29) is 0 Å². The van der Waals surface area contributed by atoms with Crippen LogP contribution in [-0.4, -0.2) is 52.0 Å². The predicted molar refractivity (Wildman–Crippen MR) is 154 cm³/mol. The minimum Gasteiger partial charge on any atom is -0.497 e. The fraction of sp³-hybridized carbons (Fsp3) is 0.200. The summed E-state index contributed by atoms with van der Waals surface area (Å²) in [6.07, 6.45) is 0. The smallest absolute Gasteiger partial charge is 0.289 e. The molecule has 1 aliphatic heterocycles. The van der Waals surface area contributed by atoms with Crippen molar-refractivity contribution < 1.29 is 13.7 Å². The molecule has 0 aliphatic carbocycles. The maximum atomic E-state index is 15.0. The van der Waals surface area contributed by atoms with Crippen molar-refractivity contribution in [2.24, 2.45) is 0 Å². The molecular weight excluding hydrogens is 495 g/mol. The quantitative estimate of drug-likeness (QED) is 0.192. The Kier molecular flexibility index (Phi) is 7.47. The van der Waals surface area contributed by atoms with Crippen molar-refractivity contribution in [1.29, 1.82) is 0 Å². The fourth-order valence-corrected chi connectivity index (χ4v) is 12.6. The molecule has 4 aromatic rings. The highest BCUT2D eigenvalue weighted by atomic mass is 31.2. The van der Waals surface area contributed by atoms with E-state index in [1.807, 2.05) is 65.9 Å². The van der Waals surface area contributed by atoms with Gasteiger partial charge in [-0.05, 0) is 47.4 Å². The largest absolute Gasteiger partial charge is 0.497 e. The van der Waals surface area contributed by atoms with Gasteiger partial charge in [0.1, 0.15) is 5.75 Å². The van der Waals surface area contributed by atoms with Gasteiger partial charge in [-0.25, -0.2) is 9.34 Å². The van der Waals surface area contributed by atoms with E-state index < -0.39 is 21.6 Å². The molecule has 37 heavy (non-hydrogen) atoms. The van der Waals surface area contributed by atoms with Gasteiger partial charge in [-0.1, -0.05) is 103 Å². The Morgan fingerprint density at radius 2 is 1.08 bits per heavy atom. The highest BCUT2D eigenvalue weighted by molar-refractivity contribution is 7.59. The molecule has 0 bridgehead atoms. The first-order valence-corrected chi connectivity index (χ1v) is 16.1. The zero-order valence-electron chi connectivity index (χ0n) is 21.5. The molecule has 1 atom stereocenters. The van der Waals surface area contributed by atoms with Crippen LogP contribution in [0.2, 0.25) is 0 Å². The van der Waals surface area contributed by atoms with Crippen LogP contribution < -0.4 is 20.3 Å². The van der Waals surface area contributed by atoms with E-state index >= 15 is 4.57 Å². The van der Waals surface area contributed by atoms with Gasteiger partial charge < -0.3 is 9.16 Å². The van der Waals surface area contributed by atoms with Crippen LogP contribution in [0.15, 0.2) is 115 Å². The van der Waals surface area contributed by atoms with Crippen LogP contribution in [0, 0.1) is 0 Å². The van der Waals surface area contributed by atoms with E-state index in [9.17, 15) is 0 Å². The summed E-state index contributed by atoms with van der Waals surface area (Å²) in [5.41, 5.74) is 0.879. The van der Waals surface area contributed by atoms with E-state index in [0.717, 1.165) is 40.0 Å². The summed E-state index contributed by atoms with van der Waals surface area (Å²) in [6.45, 7) is 1.45. The summed E-state index contributed by atoms with van der Waals surface area (Å²) in [4.78, 5) is 0. The van der Waals surface area contributed by atoms with Gasteiger partial charge in [0, 0.05) is 13.1 Å². The Morgan fingerprint density at radius 3 is 1.46 bits per heavy atom. The number of likely N-dealkylation sites (N-methyl/N-ethyl adjacent to an activating group) is 2. The van der Waals surface area contributed by atoms with Crippen LogP contribution in [0.3, 0.4) is 0 Å². The Hall–Kier alpha value is -2.99. The number of ether oxygens (including phenoxy) is 1. The molecule has 1 fully saturated rings. The molecule has 5 rings (SSSR count). The zero-order valence-corrected chi connectivity index (χ0v) is 23.4. The average molecular weight is 529 g/mol. The first kappa shape index (κ1) is 25.6. The van der Waals surface area contributed by atoms with Gasteiger partial charge in [0.05, 0.1) is 7.11 Å². The molecule has 1 unspecified atom stereocenters. The summed E-state index contributed by atoms with van der Waals surface area (Å²) < 4.78 is 32.0. The summed E-state index contributed by atoms with van der Waals surface area (Å²) in [6, 6.07) is 39.2. The maximum absolute atomic E-state index is 15.0. The lowest BCUT2D eigenvalue weighted by molar-refractivity contribution is 0.262. The van der Waals surface area contributed by atoms with E-state index in [4.69, 9.17) is 9.16 Å². The Morgan fingerprint density at radius 1 is 0.676 bits per heavy atom. The number of nitrogens with zero attached hydrogens (tertiary/aromatic N) is 2. The lowest BCUT2D eigenvalue weighted by Gasteiger charge is -2.41. The van der Waals surface area contributed by atoms with Crippen LogP contribution in [0.5, 0.6) is 5.75 Å². The topological polar surface area (TPSA) is 42.0 Å². The SMILES string of the molecule is COc1ccc(C(O[Si](c2ccccc2)(c2ccccc2)c2ccccc2)P2(=O)N(C)CCN2C)cc1. The molecule has 0 radical (unpaired) electrons. The first-order chi connectivity index (χ1) is 18.0. The molecule has 1 saturated heterocycles. The number of rotatable bonds is 8. The molecule has 0 N–H and O–H groups in total. The Labute approximate surface area is 220 Å². The zero-order chi connectivity index (χ0) is 25.9. The third kappa shape index (κ3) is 4.61. The van der Waals surface area contributed by atoms with Crippen molar-refractivity contribution >= 4 is 31.3 Å². The van der Waals surface area contributed by atoms with Gasteiger partial charge in [0.15, 0.2) is 5.85 Å². The number of benzene rings is 4. The van der Waals surface area contributed by atoms with Crippen LogP contribution in [0.4, 0.5) is 0 Å². The normalized spacial score (nSPS) is 16.9. The molecule has 5 nitrogen and oxygen atoms in total. The summed E-state index contributed by atoms with van der Waals surface area (Å²) in [5, 5.41) is 3.34. The van der Waals surface area contributed by atoms with Crippen LogP contribution in [0.25, 0.3) is 0 Å². The molecule has 0 spiro atoms. The molecular formula is C30H33N2O3PSi. The Bertz CT molecular complexity index is 1240. The molecule has 7 heteroatoms. The molecule has 0 aromatic heterocycles. The van der Waals surface area contributed by atoms with Gasteiger partial charge in [-0.15, -0.1) is 0 Å². The van der Waals surface area contributed by atoms with E-state index in [1.54, 1.807) is 7.11 Å². The third-order valence-corrected chi connectivity index (χ3v) is 14.9. The molecule has 0 saturated carbocycles. The van der Waals surface area contributed by atoms with E-state index in [2.05, 4.69) is 72.8 Å². The molecule has 1 heterocycles. The first-order valence-electron chi connectivity index (χ1n) is 12.5. The molecule has 0 amide bonds. The van der Waals surface area contributed by atoms with Crippen molar-refractivity contribution in [2.75, 3.05) is 34.3 Å². The van der Waals surface area contributed by atoms with Gasteiger partial charge in [-0.2, -0.15) is 0 Å². The number of hydrogen-bond acceptors (Lipinski definition) is 3. The minimum atomic E-state index is -3.13. The standard InChI is InChI=1S/C30H33N2O3PSi/c1-31-23-24-32(2)36(31,33)30(25-19-21-26(34-3)22-20-25)35-37(27-13-7-4-8-14-27,28-15-9-5-10-16-28)29-17-11-6-12-18-29/h4-22,30H,23-24H2,1-3H3. The fourth-order valence-electron chi connectivity index (χ4n) is 5.18. The van der Waals surface area contributed by atoms with Crippen molar-refractivity contribution in [3.05, 3.63) is 121 Å². The van der Waals surface area contributed by atoms with Crippen molar-refractivity contribution in [3.8, 4) is 5.75 Å². The van der Waals surface area contributed by atoms with Gasteiger partial charge in [0.2, 0.25) is 7.44 Å². The van der Waals surface area contributed by atoms with E-state index in [1.165, 1.54) is 0 Å². The Balaban J connectivity index is 1.79. The van der Waals surface area contributed by atoms with Crippen LogP contribution in [0.1, 0.15) is 11.4 Å². The van der Waals surface area contributed by atoms with Gasteiger partial charge >= 0.3 is 0 Å². The molecule has 190 valence electrons. The lowest BCUT2D eigenvalue weighted by atomic mass is 10.2. The van der Waals surface area contributed by atoms with Crippen molar-refractivity contribution in [1.82, 2.24) is 9.34 Å². The average Bonchev–Trinajstić information content (AvgIpc) is 3.23. The third-order valence-electron chi connectivity index (χ3n) is 7.26. The van der Waals surface area contributed by atoms with Gasteiger partial charge in [0.25, 0.3) is 8.32 Å². The second kappa shape index (κ2) is 10.8. The second-order valence-electron chi connectivity index (χ2n) is 9.37. The monoisotopic (exact) mass is 528 g/mol. The number of methoxy groups -OCH3 is 1. The summed E-state index contributed by atoms with van der Waals surface area (Å²) >= 11 is 0. The summed E-state index contributed by atoms with van der Waals surface area (Å²) in [7, 11) is -0.704. The molecule has 1 aliphatic rings. The highest BCUT2D eigenvalue weighted by Crippen LogP contribution is 2.66. The lowest BCUT2D eigenvalue weighted by Crippen LogP contribution is -2.69. The van der Waals surface area contributed by atoms with Crippen molar-refractivity contribution in [3.63, 3.8) is 0 Å². The number of hydrogen-bond donors (Lipinski definition) is 0. The van der Waals surface area contributed by atoms with Crippen LogP contribution in [-0.2, 0) is 8.99 Å². The van der Waals surface area contributed by atoms with E-state index in [0.29, 0.717) is 0 Å². The minimum absolute atomic E-state index is 0.664. The predicted octanol–water partition coefficient (Wildman–Crippen LogP) is 4.45. The molecule has 4 aromatic carbocycles. The highest BCUT2D eigenvalue weighted by Gasteiger charge is 2.52. The van der Waals surface area contributed by atoms with Gasteiger partial charge in [-0.3, -0.25) is 4.57 Å². The van der Waals surface area contributed by atoms with Crippen LogP contribution >= 0.6 is 7.44 Å². The summed E-state index contributed by atoms with van der Waals surface area (Å²) in [5.74, 6) is 0.0924. The maximum Gasteiger partial charge on any atom is 0.289 e.